The minimum absolute atomic E-state index is 0.0530. The quantitative estimate of drug-likeness (QED) is 0.240. The fourth-order valence-corrected chi connectivity index (χ4v) is 7.01. The van der Waals surface area contributed by atoms with Crippen molar-refractivity contribution in [1.29, 1.82) is 0 Å². The average molecular weight is 657 g/mol. The third kappa shape index (κ3) is 6.76. The molecule has 4 atom stereocenters. The van der Waals surface area contributed by atoms with Crippen molar-refractivity contribution >= 4 is 27.0 Å². The van der Waals surface area contributed by atoms with Gasteiger partial charge in [0, 0.05) is 44.5 Å². The molecule has 1 aliphatic heterocycles. The molecule has 1 aliphatic carbocycles. The third-order valence-electron chi connectivity index (χ3n) is 9.04. The molecule has 46 heavy (non-hydrogen) atoms. The van der Waals surface area contributed by atoms with Gasteiger partial charge in [-0.1, -0.05) is 6.92 Å². The molecular weight excluding hydrogens is 618 g/mol. The zero-order valence-corrected chi connectivity index (χ0v) is 26.5. The Bertz CT molecular complexity index is 1800. The molecule has 0 bridgehead atoms. The molecule has 0 unspecified atom stereocenters. The molecule has 0 amide bonds. The zero-order valence-electron chi connectivity index (χ0n) is 25.7. The maximum Gasteiger partial charge on any atom is 0.229 e. The van der Waals surface area contributed by atoms with Crippen LogP contribution in [-0.2, 0) is 24.9 Å². The number of aliphatic hydroxyl groups is 1. The lowest BCUT2D eigenvalue weighted by Crippen LogP contribution is -2.47. The molecule has 0 radical (unpaired) electrons. The zero-order chi connectivity index (χ0) is 32.6. The van der Waals surface area contributed by atoms with Crippen LogP contribution in [0.25, 0.3) is 16.8 Å². The van der Waals surface area contributed by atoms with Crippen LogP contribution in [0.4, 0.5) is 20.4 Å². The first kappa shape index (κ1) is 32.4. The van der Waals surface area contributed by atoms with Crippen molar-refractivity contribution in [1.82, 2.24) is 19.6 Å². The lowest BCUT2D eigenvalue weighted by molar-refractivity contribution is -0.0682. The van der Waals surface area contributed by atoms with Gasteiger partial charge in [0.1, 0.15) is 21.5 Å². The highest BCUT2D eigenvalue weighted by atomic mass is 32.2. The number of ether oxygens (including phenoxy) is 2. The van der Waals surface area contributed by atoms with E-state index in [1.807, 2.05) is 13.0 Å². The summed E-state index contributed by atoms with van der Waals surface area (Å²) in [5.41, 5.74) is 7.39. The van der Waals surface area contributed by atoms with Gasteiger partial charge in [0.15, 0.2) is 0 Å². The van der Waals surface area contributed by atoms with E-state index >= 15 is 8.78 Å². The summed E-state index contributed by atoms with van der Waals surface area (Å²) in [5, 5.41) is 18.8. The van der Waals surface area contributed by atoms with E-state index in [1.165, 1.54) is 29.0 Å². The summed E-state index contributed by atoms with van der Waals surface area (Å²) in [5.74, 6) is -1.24. The largest absolute Gasteiger partial charge is 0.385 e. The summed E-state index contributed by atoms with van der Waals surface area (Å²) in [4.78, 5) is 8.77. The van der Waals surface area contributed by atoms with Gasteiger partial charge in [0.25, 0.3) is 0 Å². The Morgan fingerprint density at radius 3 is 2.59 bits per heavy atom. The van der Waals surface area contributed by atoms with E-state index in [9.17, 15) is 13.5 Å². The van der Waals surface area contributed by atoms with E-state index in [-0.39, 0.29) is 66.0 Å². The SMILES string of the molecule is C[C@H]1C[C@@H](c2ccncc2Nc2ncc3ccc(-c4c(F)cc(C5(O)CCOCC5)cc4F)nn23)C[C@@H](N)[C@H]1OCCS(C)(=O)=O. The van der Waals surface area contributed by atoms with Crippen molar-refractivity contribution < 1.29 is 31.8 Å². The molecule has 3 aromatic heterocycles. The number of nitrogens with two attached hydrogens (primary N) is 1. The number of pyridine rings is 1. The number of sulfone groups is 1. The lowest BCUT2D eigenvalue weighted by Gasteiger charge is -2.39. The fourth-order valence-electron chi connectivity index (χ4n) is 6.61. The molecule has 246 valence electrons. The van der Waals surface area contributed by atoms with E-state index < -0.39 is 27.1 Å². The summed E-state index contributed by atoms with van der Waals surface area (Å²) >= 11 is 0. The van der Waals surface area contributed by atoms with Crippen LogP contribution in [0, 0.1) is 17.6 Å². The normalized spacial score (nSPS) is 23.4. The van der Waals surface area contributed by atoms with Crippen molar-refractivity contribution in [3.63, 3.8) is 0 Å². The highest BCUT2D eigenvalue weighted by molar-refractivity contribution is 7.90. The maximum atomic E-state index is 15.4. The highest BCUT2D eigenvalue weighted by Crippen LogP contribution is 2.40. The molecule has 11 nitrogen and oxygen atoms in total. The Balaban J connectivity index is 1.24. The fraction of sp³-hybridized carbons (Fsp3) is 0.469. The van der Waals surface area contributed by atoms with Gasteiger partial charge in [0.05, 0.1) is 58.9 Å². The summed E-state index contributed by atoms with van der Waals surface area (Å²) in [6.45, 7) is 2.77. The summed E-state index contributed by atoms with van der Waals surface area (Å²) in [6, 6.07) is 7.16. The van der Waals surface area contributed by atoms with E-state index in [4.69, 9.17) is 15.2 Å². The lowest BCUT2D eigenvalue weighted by atomic mass is 9.74. The number of rotatable bonds is 9. The van der Waals surface area contributed by atoms with Gasteiger partial charge in [-0.3, -0.25) is 4.98 Å². The Hall–Kier alpha value is -3.56. The third-order valence-corrected chi connectivity index (χ3v) is 9.95. The molecular formula is C32H38F2N6O5S. The van der Waals surface area contributed by atoms with Crippen LogP contribution in [0.3, 0.4) is 0 Å². The van der Waals surface area contributed by atoms with Crippen LogP contribution >= 0.6 is 0 Å². The van der Waals surface area contributed by atoms with Crippen molar-refractivity contribution in [3.8, 4) is 11.3 Å². The van der Waals surface area contributed by atoms with Gasteiger partial charge in [-0.05, 0) is 66.1 Å². The van der Waals surface area contributed by atoms with E-state index in [0.717, 1.165) is 12.0 Å². The number of benzene rings is 1. The second-order valence-corrected chi connectivity index (χ2v) is 14.7. The van der Waals surface area contributed by atoms with Gasteiger partial charge in [0.2, 0.25) is 5.95 Å². The molecule has 6 rings (SSSR count). The van der Waals surface area contributed by atoms with Crippen LogP contribution in [0.2, 0.25) is 0 Å². The van der Waals surface area contributed by atoms with E-state index in [2.05, 4.69) is 20.4 Å². The minimum Gasteiger partial charge on any atom is -0.385 e. The van der Waals surface area contributed by atoms with Crippen LogP contribution in [0.15, 0.2) is 48.9 Å². The number of fused-ring (bicyclic) bond motifs is 1. The van der Waals surface area contributed by atoms with Crippen LogP contribution in [-0.4, -0.2) is 77.1 Å². The molecule has 14 heteroatoms. The molecule has 1 saturated carbocycles. The molecule has 2 aliphatic rings. The Morgan fingerprint density at radius 1 is 1.15 bits per heavy atom. The first-order valence-corrected chi connectivity index (χ1v) is 17.4. The first-order valence-electron chi connectivity index (χ1n) is 15.3. The Morgan fingerprint density at radius 2 is 1.89 bits per heavy atom. The summed E-state index contributed by atoms with van der Waals surface area (Å²) in [7, 11) is -3.14. The number of anilines is 2. The van der Waals surface area contributed by atoms with Crippen molar-refractivity contribution in [3.05, 3.63) is 71.7 Å². The number of hydrogen-bond acceptors (Lipinski definition) is 10. The highest BCUT2D eigenvalue weighted by Gasteiger charge is 2.36. The maximum absolute atomic E-state index is 15.4. The molecule has 4 heterocycles. The predicted molar refractivity (Wildman–Crippen MR) is 168 cm³/mol. The summed E-state index contributed by atoms with van der Waals surface area (Å²) < 4.78 is 66.7. The molecule has 1 saturated heterocycles. The van der Waals surface area contributed by atoms with E-state index in [0.29, 0.717) is 36.8 Å². The summed E-state index contributed by atoms with van der Waals surface area (Å²) in [6.07, 6.45) is 7.80. The van der Waals surface area contributed by atoms with Crippen LogP contribution < -0.4 is 11.1 Å². The van der Waals surface area contributed by atoms with Crippen molar-refractivity contribution in [2.24, 2.45) is 11.7 Å². The first-order chi connectivity index (χ1) is 21.9. The van der Waals surface area contributed by atoms with Crippen molar-refractivity contribution in [2.45, 2.75) is 56.3 Å². The Labute approximate surface area is 266 Å². The topological polar surface area (TPSA) is 154 Å². The molecule has 1 aromatic carbocycles. The number of hydrogen-bond donors (Lipinski definition) is 3. The average Bonchev–Trinajstić information content (AvgIpc) is 3.40. The minimum atomic E-state index is -3.14. The number of nitrogens with one attached hydrogen (secondary N) is 1. The molecule has 4 aromatic rings. The van der Waals surface area contributed by atoms with Gasteiger partial charge < -0.3 is 25.6 Å². The van der Waals surface area contributed by atoms with E-state index in [1.54, 1.807) is 24.7 Å². The molecule has 2 fully saturated rings. The molecule has 0 spiro atoms. The second-order valence-electron chi connectivity index (χ2n) is 12.5. The number of nitrogens with zero attached hydrogens (tertiary/aromatic N) is 4. The number of imidazole rings is 1. The van der Waals surface area contributed by atoms with Crippen LogP contribution in [0.5, 0.6) is 0 Å². The van der Waals surface area contributed by atoms with Gasteiger partial charge in [-0.15, -0.1) is 0 Å². The number of aromatic nitrogens is 4. The molecule has 4 N–H and O–H groups in total. The van der Waals surface area contributed by atoms with Gasteiger partial charge in [-0.25, -0.2) is 22.2 Å². The van der Waals surface area contributed by atoms with Crippen molar-refractivity contribution in [2.75, 3.05) is 37.1 Å². The second kappa shape index (κ2) is 12.9. The van der Waals surface area contributed by atoms with Gasteiger partial charge in [-0.2, -0.15) is 9.61 Å². The van der Waals surface area contributed by atoms with Crippen LogP contribution in [0.1, 0.15) is 49.7 Å². The monoisotopic (exact) mass is 656 g/mol. The Kier molecular flexibility index (Phi) is 9.09. The smallest absolute Gasteiger partial charge is 0.229 e. The predicted octanol–water partition coefficient (Wildman–Crippen LogP) is 4.08. The standard InChI is InChI=1S/C32H38F2N6O5S/c1-19-13-20(14-26(35)30(19)45-11-12-46(2,42)43)23-5-8-36-18-28(23)38-31-37-17-22-3-4-27(39-40(22)31)29-24(33)15-21(16-25(29)34)32(41)6-9-44-10-7-32/h3-5,8,15-20,26,30,41H,6-7,9-14,35H2,1-2H3,(H,37,38)/t19-,20+,26+,30-/m0/s1. The van der Waals surface area contributed by atoms with Gasteiger partial charge >= 0.3 is 0 Å². The number of halogens is 2.